The summed E-state index contributed by atoms with van der Waals surface area (Å²) in [5, 5.41) is 2.93. The first-order valence-electron chi connectivity index (χ1n) is 10.3. The first-order chi connectivity index (χ1) is 14.4. The van der Waals surface area contributed by atoms with Crippen LogP contribution < -0.4 is 5.32 Å². The molecule has 0 spiro atoms. The molecule has 1 amide bonds. The van der Waals surface area contributed by atoms with E-state index in [1.807, 2.05) is 42.5 Å². The molecule has 0 unspecified atom stereocenters. The Kier molecular flexibility index (Phi) is 7.39. The van der Waals surface area contributed by atoms with Gasteiger partial charge < -0.3 is 5.32 Å². The molecule has 0 aromatic heterocycles. The Hall–Kier alpha value is -2.51. The van der Waals surface area contributed by atoms with Gasteiger partial charge in [0.25, 0.3) is 0 Å². The van der Waals surface area contributed by atoms with E-state index in [1.165, 1.54) is 4.31 Å². The number of nitrogens with one attached hydrogen (secondary N) is 1. The van der Waals surface area contributed by atoms with Gasteiger partial charge in [-0.05, 0) is 30.9 Å². The molecule has 1 aliphatic heterocycles. The highest BCUT2D eigenvalue weighted by molar-refractivity contribution is 7.89. The summed E-state index contributed by atoms with van der Waals surface area (Å²) in [5.74, 6) is -0.131. The SMILES string of the molecule is CCS(=O)(=O)N1CCC(NC(=O)CCC(=O)c2ccc(-c3ccccc3)cc2)CC1. The van der Waals surface area contributed by atoms with Crippen LogP contribution in [0.15, 0.2) is 54.6 Å². The van der Waals surface area contributed by atoms with E-state index in [0.717, 1.165) is 11.1 Å². The molecule has 1 fully saturated rings. The third-order valence-corrected chi connectivity index (χ3v) is 7.35. The third kappa shape index (κ3) is 5.77. The second-order valence-electron chi connectivity index (χ2n) is 7.51. The highest BCUT2D eigenvalue weighted by Gasteiger charge is 2.27. The van der Waals surface area contributed by atoms with Gasteiger partial charge in [-0.2, -0.15) is 0 Å². The van der Waals surface area contributed by atoms with Crippen LogP contribution in [0.2, 0.25) is 0 Å². The second-order valence-corrected chi connectivity index (χ2v) is 9.77. The Balaban J connectivity index is 1.44. The van der Waals surface area contributed by atoms with E-state index >= 15 is 0 Å². The summed E-state index contributed by atoms with van der Waals surface area (Å²) >= 11 is 0. The summed E-state index contributed by atoms with van der Waals surface area (Å²) in [4.78, 5) is 24.6. The Morgan fingerprint density at radius 2 is 1.53 bits per heavy atom. The van der Waals surface area contributed by atoms with Crippen molar-refractivity contribution in [3.63, 3.8) is 0 Å². The molecule has 0 atom stereocenters. The molecule has 0 aliphatic carbocycles. The normalized spacial score (nSPS) is 15.6. The predicted molar refractivity (Wildman–Crippen MR) is 118 cm³/mol. The minimum atomic E-state index is -3.17. The lowest BCUT2D eigenvalue weighted by Crippen LogP contribution is -2.46. The summed E-state index contributed by atoms with van der Waals surface area (Å²) in [6.07, 6.45) is 1.48. The van der Waals surface area contributed by atoms with Gasteiger partial charge in [-0.25, -0.2) is 12.7 Å². The average molecular weight is 429 g/mol. The van der Waals surface area contributed by atoms with Gasteiger partial charge in [0.1, 0.15) is 0 Å². The minimum absolute atomic E-state index is 0.0407. The Morgan fingerprint density at radius 1 is 0.933 bits per heavy atom. The monoisotopic (exact) mass is 428 g/mol. The molecule has 1 N–H and O–H groups in total. The van der Waals surface area contributed by atoms with Crippen LogP contribution in [0.4, 0.5) is 0 Å². The minimum Gasteiger partial charge on any atom is -0.353 e. The maximum atomic E-state index is 12.4. The van der Waals surface area contributed by atoms with Crippen LogP contribution >= 0.6 is 0 Å². The topological polar surface area (TPSA) is 83.6 Å². The van der Waals surface area contributed by atoms with Gasteiger partial charge in [0.2, 0.25) is 15.9 Å². The summed E-state index contributed by atoms with van der Waals surface area (Å²) in [6.45, 7) is 2.48. The smallest absolute Gasteiger partial charge is 0.220 e. The van der Waals surface area contributed by atoms with Gasteiger partial charge in [-0.15, -0.1) is 0 Å². The maximum Gasteiger partial charge on any atom is 0.220 e. The molecule has 2 aromatic carbocycles. The number of carbonyl (C=O) groups excluding carboxylic acids is 2. The zero-order chi connectivity index (χ0) is 21.6. The lowest BCUT2D eigenvalue weighted by Gasteiger charge is -2.31. The van der Waals surface area contributed by atoms with Gasteiger partial charge in [-0.1, -0.05) is 54.6 Å². The number of amides is 1. The van der Waals surface area contributed by atoms with Gasteiger partial charge in [0, 0.05) is 37.5 Å². The van der Waals surface area contributed by atoms with E-state index in [1.54, 1.807) is 19.1 Å². The molecule has 6 nitrogen and oxygen atoms in total. The molecule has 160 valence electrons. The van der Waals surface area contributed by atoms with Gasteiger partial charge in [0.05, 0.1) is 5.75 Å². The highest BCUT2D eigenvalue weighted by Crippen LogP contribution is 2.20. The zero-order valence-corrected chi connectivity index (χ0v) is 18.0. The number of carbonyl (C=O) groups is 2. The van der Waals surface area contributed by atoms with E-state index in [4.69, 9.17) is 0 Å². The van der Waals surface area contributed by atoms with E-state index in [0.29, 0.717) is 31.5 Å². The van der Waals surface area contributed by atoms with Crippen LogP contribution in [0.1, 0.15) is 43.0 Å². The van der Waals surface area contributed by atoms with Crippen LogP contribution in [0.3, 0.4) is 0 Å². The van der Waals surface area contributed by atoms with Gasteiger partial charge in [0.15, 0.2) is 5.78 Å². The first kappa shape index (κ1) is 22.2. The highest BCUT2D eigenvalue weighted by atomic mass is 32.2. The number of benzene rings is 2. The summed E-state index contributed by atoms with van der Waals surface area (Å²) in [6, 6.07) is 17.3. The fraction of sp³-hybridized carbons (Fsp3) is 0.391. The van der Waals surface area contributed by atoms with E-state index in [9.17, 15) is 18.0 Å². The van der Waals surface area contributed by atoms with Crippen molar-refractivity contribution in [2.75, 3.05) is 18.8 Å². The van der Waals surface area contributed by atoms with Crippen molar-refractivity contribution in [2.45, 2.75) is 38.6 Å². The molecular weight excluding hydrogens is 400 g/mol. The zero-order valence-electron chi connectivity index (χ0n) is 17.2. The van der Waals surface area contributed by atoms with E-state index < -0.39 is 10.0 Å². The van der Waals surface area contributed by atoms with Crippen LogP contribution in [-0.4, -0.2) is 49.3 Å². The number of nitrogens with zero attached hydrogens (tertiary/aromatic N) is 1. The molecule has 2 aromatic rings. The van der Waals surface area contributed by atoms with Crippen LogP contribution in [0.25, 0.3) is 11.1 Å². The standard InChI is InChI=1S/C23H28N2O4S/c1-2-30(28,29)25-16-14-21(15-17-25)24-23(27)13-12-22(26)20-10-8-19(9-11-20)18-6-4-3-5-7-18/h3-11,21H,2,12-17H2,1H3,(H,24,27). The average Bonchev–Trinajstić information content (AvgIpc) is 2.78. The third-order valence-electron chi connectivity index (χ3n) is 5.47. The number of sulfonamides is 1. The van der Waals surface area contributed by atoms with Crippen molar-refractivity contribution in [3.05, 3.63) is 60.2 Å². The van der Waals surface area contributed by atoms with Crippen molar-refractivity contribution < 1.29 is 18.0 Å². The lowest BCUT2D eigenvalue weighted by molar-refractivity contribution is -0.122. The van der Waals surface area contributed by atoms with E-state index in [2.05, 4.69) is 5.32 Å². The van der Waals surface area contributed by atoms with Gasteiger partial charge >= 0.3 is 0 Å². The molecule has 7 heteroatoms. The van der Waals surface area contributed by atoms with Crippen molar-refractivity contribution in [2.24, 2.45) is 0 Å². The summed E-state index contributed by atoms with van der Waals surface area (Å²) < 4.78 is 25.3. The molecule has 0 bridgehead atoms. The molecule has 30 heavy (non-hydrogen) atoms. The molecule has 0 saturated carbocycles. The number of hydrogen-bond acceptors (Lipinski definition) is 4. The Morgan fingerprint density at radius 3 is 2.13 bits per heavy atom. The Labute approximate surface area is 178 Å². The Bertz CT molecular complexity index is 964. The van der Waals surface area contributed by atoms with Crippen molar-refractivity contribution >= 4 is 21.7 Å². The summed E-state index contributed by atoms with van der Waals surface area (Å²) in [5.41, 5.74) is 2.73. The fourth-order valence-corrected chi connectivity index (χ4v) is 4.74. The first-order valence-corrected chi connectivity index (χ1v) is 12.0. The predicted octanol–water partition coefficient (Wildman–Crippen LogP) is 3.25. The van der Waals surface area contributed by atoms with Crippen LogP contribution in [0, 0.1) is 0 Å². The molecule has 3 rings (SSSR count). The van der Waals surface area contributed by atoms with E-state index in [-0.39, 0.29) is 36.3 Å². The number of ketones is 1. The van der Waals surface area contributed by atoms with Crippen LogP contribution in [0.5, 0.6) is 0 Å². The largest absolute Gasteiger partial charge is 0.353 e. The molecule has 1 saturated heterocycles. The maximum absolute atomic E-state index is 12.4. The number of piperidine rings is 1. The molecule has 0 radical (unpaired) electrons. The molecule has 1 aliphatic rings. The molecular formula is C23H28N2O4S. The van der Waals surface area contributed by atoms with Crippen LogP contribution in [-0.2, 0) is 14.8 Å². The summed E-state index contributed by atoms with van der Waals surface area (Å²) in [7, 11) is -3.17. The van der Waals surface area contributed by atoms with Crippen molar-refractivity contribution in [1.82, 2.24) is 9.62 Å². The van der Waals surface area contributed by atoms with Crippen molar-refractivity contribution in [3.8, 4) is 11.1 Å². The van der Waals surface area contributed by atoms with Gasteiger partial charge in [-0.3, -0.25) is 9.59 Å². The fourth-order valence-electron chi connectivity index (χ4n) is 3.61. The molecule has 1 heterocycles. The second kappa shape index (κ2) is 10.00. The quantitative estimate of drug-likeness (QED) is 0.654. The number of rotatable bonds is 8. The number of hydrogen-bond donors (Lipinski definition) is 1. The van der Waals surface area contributed by atoms with Crippen molar-refractivity contribution in [1.29, 1.82) is 0 Å². The lowest BCUT2D eigenvalue weighted by atomic mass is 10.0. The number of Topliss-reactive ketones (excluding diaryl/α,β-unsaturated/α-hetero) is 1.